The van der Waals surface area contributed by atoms with Gasteiger partial charge in [-0.25, -0.2) is 0 Å². The molecule has 8 aromatic rings. The van der Waals surface area contributed by atoms with Crippen molar-refractivity contribution in [2.24, 2.45) is 5.92 Å². The zero-order valence-electron chi connectivity index (χ0n) is 30.7. The van der Waals surface area contributed by atoms with Crippen molar-refractivity contribution in [1.82, 2.24) is 4.57 Å². The molecule has 2 bridgehead atoms. The van der Waals surface area contributed by atoms with Crippen molar-refractivity contribution in [3.05, 3.63) is 192 Å². The summed E-state index contributed by atoms with van der Waals surface area (Å²) in [6.45, 7) is 2.49. The van der Waals surface area contributed by atoms with Gasteiger partial charge in [0.25, 0.3) is 0 Å². The zero-order chi connectivity index (χ0) is 35.9. The zero-order valence-corrected chi connectivity index (χ0v) is 30.7. The Hall–Kier alpha value is -6.38. The smallest absolute Gasteiger partial charge is 0.0633 e. The van der Waals surface area contributed by atoms with Gasteiger partial charge in [-0.3, -0.25) is 0 Å². The Bertz CT molecular complexity index is 3150. The number of aromatic nitrogens is 1. The summed E-state index contributed by atoms with van der Waals surface area (Å²) in [5, 5.41) is 7.96. The minimum absolute atomic E-state index is 0.259. The highest BCUT2D eigenvalue weighted by molar-refractivity contribution is 6.30. The first-order valence-electron chi connectivity index (χ1n) is 20.0. The largest absolute Gasteiger partial charge is 0.332 e. The van der Waals surface area contributed by atoms with Crippen molar-refractivity contribution in [1.29, 1.82) is 0 Å². The molecule has 0 N–H and O–H groups in total. The van der Waals surface area contributed by atoms with E-state index in [4.69, 9.17) is 0 Å². The second kappa shape index (κ2) is 10.9. The normalized spacial score (nSPS) is 21.4. The second-order valence-corrected chi connectivity index (χ2v) is 16.3. The molecule has 3 heterocycles. The molecular weight excluding hydrogens is 665 g/mol. The van der Waals surface area contributed by atoms with E-state index in [0.29, 0.717) is 11.8 Å². The van der Waals surface area contributed by atoms with Crippen LogP contribution in [0, 0.1) is 5.92 Å². The van der Waals surface area contributed by atoms with Crippen LogP contribution in [-0.2, 0) is 6.42 Å². The quantitative estimate of drug-likeness (QED) is 0.174. The Kier molecular flexibility index (Phi) is 5.92. The molecule has 0 fully saturated rings. The molecule has 0 saturated heterocycles. The van der Waals surface area contributed by atoms with E-state index >= 15 is 0 Å². The summed E-state index contributed by atoms with van der Waals surface area (Å²) in [5.74, 6) is 0.987. The number of fused-ring (bicyclic) bond motifs is 19. The lowest BCUT2D eigenvalue weighted by Crippen LogP contribution is -2.40. The van der Waals surface area contributed by atoms with Crippen LogP contribution in [-0.4, -0.2) is 10.6 Å². The maximum atomic E-state index is 2.72. The highest BCUT2D eigenvalue weighted by Gasteiger charge is 2.48. The van der Waals surface area contributed by atoms with Gasteiger partial charge in [-0.1, -0.05) is 159 Å². The molecule has 13 rings (SSSR count). The van der Waals surface area contributed by atoms with Crippen molar-refractivity contribution in [2.75, 3.05) is 4.90 Å². The molecular formula is C53H38N2. The molecule has 0 saturated carbocycles. The van der Waals surface area contributed by atoms with Crippen LogP contribution in [0.25, 0.3) is 65.7 Å². The third-order valence-electron chi connectivity index (χ3n) is 13.7. The SMILES string of the molecule is CC1C2C=CC=C3c4ccccc4N(c4c2c2c(c5ccccc45)c4ccc5ccccc5c4n2C2=CCC(c4cccc5c4Cc4ccccc4-5)C=C2)C31. The fourth-order valence-electron chi connectivity index (χ4n) is 11.5. The fourth-order valence-corrected chi connectivity index (χ4v) is 11.5. The molecule has 4 unspecified atom stereocenters. The summed E-state index contributed by atoms with van der Waals surface area (Å²) in [5.41, 5.74) is 18.1. The van der Waals surface area contributed by atoms with Gasteiger partial charge in [0.05, 0.1) is 22.8 Å². The third kappa shape index (κ3) is 3.84. The first-order chi connectivity index (χ1) is 27.2. The molecule has 0 radical (unpaired) electrons. The van der Waals surface area contributed by atoms with Gasteiger partial charge in [0, 0.05) is 55.9 Å². The summed E-state index contributed by atoms with van der Waals surface area (Å²) < 4.78 is 2.68. The van der Waals surface area contributed by atoms with Gasteiger partial charge >= 0.3 is 0 Å². The Morgan fingerprint density at radius 2 is 1.42 bits per heavy atom. The van der Waals surface area contributed by atoms with Crippen LogP contribution >= 0.6 is 0 Å². The maximum absolute atomic E-state index is 2.72. The summed E-state index contributed by atoms with van der Waals surface area (Å²) in [7, 11) is 0. The molecule has 4 atom stereocenters. The Morgan fingerprint density at radius 1 is 0.636 bits per heavy atom. The number of hydrogen-bond donors (Lipinski definition) is 0. The highest BCUT2D eigenvalue weighted by atomic mass is 15.2. The summed E-state index contributed by atoms with van der Waals surface area (Å²) in [4.78, 5) is 2.72. The first-order valence-corrected chi connectivity index (χ1v) is 20.0. The Labute approximate surface area is 320 Å². The molecule has 0 spiro atoms. The fraction of sp³-hybridized carbons (Fsp3) is 0.132. The van der Waals surface area contributed by atoms with Crippen LogP contribution in [0.3, 0.4) is 0 Å². The van der Waals surface area contributed by atoms with Crippen molar-refractivity contribution < 1.29 is 0 Å². The molecule has 0 amide bonds. The average molecular weight is 703 g/mol. The number of rotatable bonds is 2. The standard InChI is InChI=1S/C53H38N2/c1-31-36-19-10-22-43-41-16-8-9-23-47(41)55(50(31)43)52-44-18-7-6-17-42(44)48-45-29-26-32-12-2-5-15-39(32)51(45)54(53(48)49(36)52)35-27-24-33(25-28-35)37-20-11-21-40-38-14-4-3-13-34(38)30-46(37)40/h2-24,26-29,31,33,36,50H,25,30H2,1H3. The van der Waals surface area contributed by atoms with Gasteiger partial charge in [-0.05, 0) is 75.1 Å². The molecule has 3 aliphatic carbocycles. The lowest BCUT2D eigenvalue weighted by Gasteiger charge is -2.43. The van der Waals surface area contributed by atoms with E-state index in [2.05, 4.69) is 180 Å². The van der Waals surface area contributed by atoms with Crippen LogP contribution in [0.1, 0.15) is 53.0 Å². The number of allylic oxidation sites excluding steroid dienone is 7. The van der Waals surface area contributed by atoms with E-state index in [1.165, 1.54) is 105 Å². The maximum Gasteiger partial charge on any atom is 0.0633 e. The van der Waals surface area contributed by atoms with Crippen LogP contribution in [0.15, 0.2) is 164 Å². The summed E-state index contributed by atoms with van der Waals surface area (Å²) in [6, 6.07) is 48.3. The van der Waals surface area contributed by atoms with Gasteiger partial charge in [0.15, 0.2) is 0 Å². The monoisotopic (exact) mass is 702 g/mol. The lowest BCUT2D eigenvalue weighted by molar-refractivity contribution is 0.465. The van der Waals surface area contributed by atoms with Crippen molar-refractivity contribution >= 4 is 66.0 Å². The van der Waals surface area contributed by atoms with E-state index in [1.54, 1.807) is 0 Å². The first kappa shape index (κ1) is 30.0. The lowest BCUT2D eigenvalue weighted by atomic mass is 9.75. The number of para-hydroxylation sites is 1. The number of nitrogens with zero attached hydrogens (tertiary/aromatic N) is 2. The number of anilines is 2. The molecule has 7 aromatic carbocycles. The van der Waals surface area contributed by atoms with E-state index in [0.717, 1.165) is 12.8 Å². The molecule has 260 valence electrons. The van der Waals surface area contributed by atoms with Crippen molar-refractivity contribution in [3.63, 3.8) is 0 Å². The van der Waals surface area contributed by atoms with E-state index in [9.17, 15) is 0 Å². The number of hydrogen-bond acceptors (Lipinski definition) is 1. The van der Waals surface area contributed by atoms with E-state index in [-0.39, 0.29) is 12.0 Å². The second-order valence-electron chi connectivity index (χ2n) is 16.3. The summed E-state index contributed by atoms with van der Waals surface area (Å²) in [6.07, 6.45) is 16.7. The van der Waals surface area contributed by atoms with Crippen molar-refractivity contribution in [3.8, 4) is 11.1 Å². The summed E-state index contributed by atoms with van der Waals surface area (Å²) >= 11 is 0. The Balaban J connectivity index is 1.10. The number of benzene rings is 7. The average Bonchev–Trinajstić information content (AvgIpc) is 3.88. The molecule has 2 nitrogen and oxygen atoms in total. The van der Waals surface area contributed by atoms with Gasteiger partial charge < -0.3 is 9.47 Å². The van der Waals surface area contributed by atoms with Crippen molar-refractivity contribution in [2.45, 2.75) is 37.6 Å². The minimum Gasteiger partial charge on any atom is -0.332 e. The van der Waals surface area contributed by atoms with E-state index < -0.39 is 0 Å². The van der Waals surface area contributed by atoms with Crippen LogP contribution in [0.4, 0.5) is 11.4 Å². The predicted molar refractivity (Wildman–Crippen MR) is 231 cm³/mol. The van der Waals surface area contributed by atoms with Gasteiger partial charge in [0.1, 0.15) is 0 Å². The minimum atomic E-state index is 0.259. The van der Waals surface area contributed by atoms with Gasteiger partial charge in [-0.2, -0.15) is 0 Å². The Morgan fingerprint density at radius 3 is 2.31 bits per heavy atom. The molecule has 55 heavy (non-hydrogen) atoms. The molecule has 1 aromatic heterocycles. The van der Waals surface area contributed by atoms with Crippen LogP contribution in [0.2, 0.25) is 0 Å². The van der Waals surface area contributed by atoms with Crippen LogP contribution < -0.4 is 4.90 Å². The predicted octanol–water partition coefficient (Wildman–Crippen LogP) is 13.5. The van der Waals surface area contributed by atoms with E-state index in [1.807, 2.05) is 0 Å². The molecule has 5 aliphatic rings. The molecule has 2 aliphatic heterocycles. The molecule has 2 heteroatoms. The third-order valence-corrected chi connectivity index (χ3v) is 13.7. The van der Waals surface area contributed by atoms with Gasteiger partial charge in [0.2, 0.25) is 0 Å². The topological polar surface area (TPSA) is 8.17 Å². The highest BCUT2D eigenvalue weighted by Crippen LogP contribution is 2.61. The van der Waals surface area contributed by atoms with Crippen LogP contribution in [0.5, 0.6) is 0 Å². The van der Waals surface area contributed by atoms with Gasteiger partial charge in [-0.15, -0.1) is 0 Å².